The number of aromatic nitrogens is 2. The van der Waals surface area contributed by atoms with Crippen molar-refractivity contribution in [2.75, 3.05) is 0 Å². The third kappa shape index (κ3) is 2.28. The van der Waals surface area contributed by atoms with Crippen molar-refractivity contribution in [1.82, 2.24) is 9.55 Å². The predicted octanol–water partition coefficient (Wildman–Crippen LogP) is -0.719. The van der Waals surface area contributed by atoms with Gasteiger partial charge in [0.05, 0.1) is 5.52 Å². The molecule has 0 bridgehead atoms. The normalized spacial score (nSPS) is 10.8. The van der Waals surface area contributed by atoms with Gasteiger partial charge in [0, 0.05) is 12.5 Å². The summed E-state index contributed by atoms with van der Waals surface area (Å²) in [5.74, 6) is -1.19. The molecule has 90 valence electrons. The smallest absolute Gasteiger partial charge is 0.328 e. The minimum absolute atomic E-state index is 0.0794. The second kappa shape index (κ2) is 4.54. The van der Waals surface area contributed by atoms with Gasteiger partial charge in [-0.2, -0.15) is 0 Å². The van der Waals surface area contributed by atoms with E-state index in [1.165, 1.54) is 11.3 Å². The van der Waals surface area contributed by atoms with Crippen LogP contribution in [0, 0.1) is 0 Å². The molecule has 2 aromatic heterocycles. The first kappa shape index (κ1) is 11.6. The number of aliphatic carboxylic acids is 1. The van der Waals surface area contributed by atoms with E-state index in [0.29, 0.717) is 10.2 Å². The van der Waals surface area contributed by atoms with Gasteiger partial charge in [0.15, 0.2) is 0 Å². The van der Waals surface area contributed by atoms with Gasteiger partial charge in [-0.3, -0.25) is 9.36 Å². The number of carbonyl (C=O) groups excluding carboxylic acids is 1. The number of nitrogens with zero attached hydrogens (tertiary/aromatic N) is 1. The summed E-state index contributed by atoms with van der Waals surface area (Å²) in [6.07, 6.45) is 0.0244. The van der Waals surface area contributed by atoms with Crippen molar-refractivity contribution in [2.24, 2.45) is 0 Å². The Kier molecular flexibility index (Phi) is 3.10. The standard InChI is InChI=1S/C10H10N2O4S/c13-7(14)2-1-4-12-9(15)8-6(3-5-17-8)11-10(12)16/h3,5H,1-2,4H2,(H,11,16)(H,13,14)/p-1. The maximum Gasteiger partial charge on any atom is 0.328 e. The topological polar surface area (TPSA) is 95.0 Å². The Labute approximate surface area is 99.1 Å². The number of fused-ring (bicyclic) bond motifs is 1. The molecule has 0 aliphatic carbocycles. The summed E-state index contributed by atoms with van der Waals surface area (Å²) in [5.41, 5.74) is -0.377. The first-order chi connectivity index (χ1) is 8.09. The van der Waals surface area contributed by atoms with Gasteiger partial charge in [-0.15, -0.1) is 11.3 Å². The average Bonchev–Trinajstić information content (AvgIpc) is 2.70. The van der Waals surface area contributed by atoms with E-state index in [4.69, 9.17) is 0 Å². The van der Waals surface area contributed by atoms with Crippen LogP contribution in [0.1, 0.15) is 12.8 Å². The maximum absolute atomic E-state index is 11.9. The van der Waals surface area contributed by atoms with Crippen molar-refractivity contribution in [3.8, 4) is 0 Å². The Bertz CT molecular complexity index is 667. The van der Waals surface area contributed by atoms with E-state index in [0.717, 1.165) is 4.57 Å². The highest BCUT2D eigenvalue weighted by atomic mass is 32.1. The molecule has 0 spiro atoms. The molecule has 2 heterocycles. The number of carboxylic acid groups (broad SMARTS) is 1. The first-order valence-corrected chi connectivity index (χ1v) is 5.87. The molecule has 0 saturated heterocycles. The summed E-state index contributed by atoms with van der Waals surface area (Å²) in [6, 6.07) is 1.66. The van der Waals surface area contributed by atoms with E-state index in [2.05, 4.69) is 4.98 Å². The van der Waals surface area contributed by atoms with Gasteiger partial charge >= 0.3 is 5.69 Å². The largest absolute Gasteiger partial charge is 0.550 e. The fraction of sp³-hybridized carbons (Fsp3) is 0.300. The highest BCUT2D eigenvalue weighted by Crippen LogP contribution is 2.11. The van der Waals surface area contributed by atoms with E-state index < -0.39 is 11.7 Å². The van der Waals surface area contributed by atoms with Gasteiger partial charge in [0.2, 0.25) is 0 Å². The SMILES string of the molecule is O=C([O-])CCCn1c(=O)[nH]c2ccsc2c1=O. The highest BCUT2D eigenvalue weighted by Gasteiger charge is 2.07. The summed E-state index contributed by atoms with van der Waals surface area (Å²) >= 11 is 1.24. The lowest BCUT2D eigenvalue weighted by Crippen LogP contribution is -2.35. The molecule has 0 aliphatic heterocycles. The van der Waals surface area contributed by atoms with Crippen LogP contribution in [0.4, 0.5) is 0 Å². The summed E-state index contributed by atoms with van der Waals surface area (Å²) < 4.78 is 1.49. The summed E-state index contributed by atoms with van der Waals surface area (Å²) in [5, 5.41) is 12.0. The molecule has 0 unspecified atom stereocenters. The number of carbonyl (C=O) groups is 1. The van der Waals surface area contributed by atoms with E-state index >= 15 is 0 Å². The van der Waals surface area contributed by atoms with Crippen LogP contribution < -0.4 is 16.4 Å². The number of carboxylic acids is 1. The number of nitrogens with one attached hydrogen (secondary N) is 1. The van der Waals surface area contributed by atoms with Crippen LogP contribution in [-0.2, 0) is 11.3 Å². The van der Waals surface area contributed by atoms with Gasteiger partial charge in [-0.05, 0) is 24.3 Å². The molecular weight excluding hydrogens is 244 g/mol. The Morgan fingerprint density at radius 2 is 2.24 bits per heavy atom. The maximum atomic E-state index is 11.9. The Hall–Kier alpha value is -1.89. The number of hydrogen-bond donors (Lipinski definition) is 1. The first-order valence-electron chi connectivity index (χ1n) is 5.00. The van der Waals surface area contributed by atoms with Crippen LogP contribution >= 0.6 is 11.3 Å². The van der Waals surface area contributed by atoms with E-state index in [1.54, 1.807) is 11.4 Å². The van der Waals surface area contributed by atoms with Gasteiger partial charge in [-0.1, -0.05) is 0 Å². The molecule has 0 amide bonds. The molecule has 0 aromatic carbocycles. The zero-order valence-electron chi connectivity index (χ0n) is 8.76. The summed E-state index contributed by atoms with van der Waals surface area (Å²) in [4.78, 5) is 36.3. The number of rotatable bonds is 4. The van der Waals surface area contributed by atoms with Crippen LogP contribution in [0.5, 0.6) is 0 Å². The summed E-state index contributed by atoms with van der Waals surface area (Å²) in [6.45, 7) is 0.0794. The van der Waals surface area contributed by atoms with E-state index in [9.17, 15) is 19.5 Å². The summed E-state index contributed by atoms with van der Waals surface area (Å²) in [7, 11) is 0. The fourth-order valence-corrected chi connectivity index (χ4v) is 2.35. The third-order valence-corrected chi connectivity index (χ3v) is 3.26. The lowest BCUT2D eigenvalue weighted by molar-refractivity contribution is -0.305. The third-order valence-electron chi connectivity index (χ3n) is 2.35. The zero-order chi connectivity index (χ0) is 12.4. The van der Waals surface area contributed by atoms with Gasteiger partial charge in [0.1, 0.15) is 4.70 Å². The minimum atomic E-state index is -1.19. The van der Waals surface area contributed by atoms with Crippen molar-refractivity contribution >= 4 is 27.5 Å². The van der Waals surface area contributed by atoms with Crippen molar-refractivity contribution in [1.29, 1.82) is 0 Å². The molecule has 0 radical (unpaired) electrons. The quantitative estimate of drug-likeness (QED) is 0.778. The van der Waals surface area contributed by atoms with Crippen LogP contribution in [0.2, 0.25) is 0 Å². The van der Waals surface area contributed by atoms with E-state index in [-0.39, 0.29) is 24.9 Å². The minimum Gasteiger partial charge on any atom is -0.550 e. The second-order valence-corrected chi connectivity index (χ2v) is 4.44. The zero-order valence-corrected chi connectivity index (χ0v) is 9.58. The van der Waals surface area contributed by atoms with Crippen molar-refractivity contribution in [3.63, 3.8) is 0 Å². The van der Waals surface area contributed by atoms with Crippen LogP contribution in [0.3, 0.4) is 0 Å². The molecule has 0 aliphatic rings. The Morgan fingerprint density at radius 1 is 1.47 bits per heavy atom. The van der Waals surface area contributed by atoms with Gasteiger partial charge in [-0.25, -0.2) is 4.79 Å². The lowest BCUT2D eigenvalue weighted by atomic mass is 10.3. The molecule has 0 atom stereocenters. The average molecular weight is 253 g/mol. The van der Waals surface area contributed by atoms with Gasteiger partial charge in [0.25, 0.3) is 5.56 Å². The van der Waals surface area contributed by atoms with Gasteiger partial charge < -0.3 is 14.9 Å². The molecule has 0 saturated carbocycles. The molecule has 2 rings (SSSR count). The van der Waals surface area contributed by atoms with Crippen LogP contribution in [0.15, 0.2) is 21.0 Å². The van der Waals surface area contributed by atoms with Crippen LogP contribution in [-0.4, -0.2) is 15.5 Å². The number of H-pyrrole nitrogens is 1. The van der Waals surface area contributed by atoms with Crippen molar-refractivity contribution < 1.29 is 9.90 Å². The fourth-order valence-electron chi connectivity index (χ4n) is 1.56. The van der Waals surface area contributed by atoms with Crippen molar-refractivity contribution in [3.05, 3.63) is 32.3 Å². The van der Waals surface area contributed by atoms with Crippen LogP contribution in [0.25, 0.3) is 10.2 Å². The highest BCUT2D eigenvalue weighted by molar-refractivity contribution is 7.17. The van der Waals surface area contributed by atoms with Crippen molar-refractivity contribution in [2.45, 2.75) is 19.4 Å². The Balaban J connectivity index is 2.36. The molecular formula is C10H9N2O4S-. The Morgan fingerprint density at radius 3 is 2.94 bits per heavy atom. The monoisotopic (exact) mass is 253 g/mol. The molecule has 6 nitrogen and oxygen atoms in total. The number of thiophene rings is 1. The molecule has 17 heavy (non-hydrogen) atoms. The lowest BCUT2D eigenvalue weighted by Gasteiger charge is -2.04. The number of hydrogen-bond acceptors (Lipinski definition) is 5. The molecule has 1 N–H and O–H groups in total. The molecule has 0 fully saturated rings. The second-order valence-electron chi connectivity index (χ2n) is 3.53. The predicted molar refractivity (Wildman–Crippen MR) is 60.9 cm³/mol. The molecule has 7 heteroatoms. The molecule has 2 aromatic rings. The number of aromatic amines is 1. The van der Waals surface area contributed by atoms with E-state index in [1.807, 2.05) is 0 Å².